The van der Waals surface area contributed by atoms with Gasteiger partial charge in [0.15, 0.2) is 5.75 Å². The Balaban J connectivity index is 2.41. The number of carbonyl (C=O) groups excluding carboxylic acids is 1. The number of ether oxygens (including phenoxy) is 1. The van der Waals surface area contributed by atoms with Crippen LogP contribution < -0.4 is 27.5 Å². The summed E-state index contributed by atoms with van der Waals surface area (Å²) >= 11 is 12.4. The Labute approximate surface area is 174 Å². The molecule has 6 N–H and O–H groups in total. The Bertz CT molecular complexity index is 1100. The van der Waals surface area contributed by atoms with Gasteiger partial charge in [0.05, 0.1) is 15.7 Å². The van der Waals surface area contributed by atoms with Crippen LogP contribution in [0.5, 0.6) is 5.75 Å². The summed E-state index contributed by atoms with van der Waals surface area (Å²) in [6, 6.07) is 2.57. The van der Waals surface area contributed by atoms with Crippen LogP contribution in [0.1, 0.15) is 20.3 Å². The van der Waals surface area contributed by atoms with Gasteiger partial charge in [-0.15, -0.1) is 5.10 Å². The second-order valence-corrected chi connectivity index (χ2v) is 6.85. The zero-order valence-corrected chi connectivity index (χ0v) is 17.0. The van der Waals surface area contributed by atoms with Crippen LogP contribution in [0.25, 0.3) is 5.69 Å². The SMILES string of the molecule is CC[C@H](C)/C(=C/C(=N)Oc1c(Cl)cc(-n2nc(N)c(=O)[nH]c2=O)cc1Cl)C(N)=O. The van der Waals surface area contributed by atoms with Crippen LogP contribution in [-0.2, 0) is 4.79 Å². The van der Waals surface area contributed by atoms with Crippen molar-refractivity contribution in [2.24, 2.45) is 11.7 Å². The molecule has 0 unspecified atom stereocenters. The first-order valence-corrected chi connectivity index (χ1v) is 9.07. The fourth-order valence-electron chi connectivity index (χ4n) is 2.31. The zero-order valence-electron chi connectivity index (χ0n) is 15.5. The summed E-state index contributed by atoms with van der Waals surface area (Å²) in [5.74, 6) is -1.74. The molecule has 0 spiro atoms. The number of aromatic amines is 1. The second kappa shape index (κ2) is 8.93. The molecule has 0 bridgehead atoms. The van der Waals surface area contributed by atoms with E-state index in [4.69, 9.17) is 44.8 Å². The van der Waals surface area contributed by atoms with Crippen molar-refractivity contribution in [3.8, 4) is 11.4 Å². The van der Waals surface area contributed by atoms with E-state index in [0.29, 0.717) is 6.42 Å². The molecule has 29 heavy (non-hydrogen) atoms. The lowest BCUT2D eigenvalue weighted by Crippen LogP contribution is -2.33. The number of nitrogens with two attached hydrogens (primary N) is 2. The molecule has 1 heterocycles. The Kier molecular flexibility index (Phi) is 6.83. The summed E-state index contributed by atoms with van der Waals surface area (Å²) in [6.45, 7) is 3.66. The number of nitrogens with zero attached hydrogens (tertiary/aromatic N) is 2. The summed E-state index contributed by atoms with van der Waals surface area (Å²) < 4.78 is 6.16. The van der Waals surface area contributed by atoms with Gasteiger partial charge in [0.2, 0.25) is 17.6 Å². The molecule has 0 aliphatic rings. The molecule has 154 valence electrons. The minimum Gasteiger partial charge on any atom is -0.436 e. The first-order valence-electron chi connectivity index (χ1n) is 8.31. The van der Waals surface area contributed by atoms with Crippen molar-refractivity contribution >= 4 is 40.8 Å². The number of anilines is 1. The van der Waals surface area contributed by atoms with Gasteiger partial charge in [0.25, 0.3) is 5.56 Å². The molecule has 0 fully saturated rings. The lowest BCUT2D eigenvalue weighted by molar-refractivity contribution is -0.115. The predicted octanol–water partition coefficient (Wildman–Crippen LogP) is 1.62. The van der Waals surface area contributed by atoms with Crippen molar-refractivity contribution in [2.75, 3.05) is 5.73 Å². The number of halogens is 2. The minimum atomic E-state index is -0.847. The van der Waals surface area contributed by atoms with E-state index >= 15 is 0 Å². The number of amides is 1. The standard InChI is InChI=1S/C17H18Cl2N6O4/c1-3-7(2)9(15(22)26)6-12(20)29-13-10(18)4-8(5-11(13)19)25-17(28)23-16(27)14(21)24-25/h4-7,20H,3H2,1-2H3,(H2,21,24)(H2,22,26)(H,23,27,28)/b9-6-,20-12?/t7-/m0/s1. The average Bonchev–Trinajstić information content (AvgIpc) is 2.64. The molecule has 2 aromatic rings. The van der Waals surface area contributed by atoms with Crippen molar-refractivity contribution in [1.29, 1.82) is 5.41 Å². The van der Waals surface area contributed by atoms with Gasteiger partial charge >= 0.3 is 5.69 Å². The maximum absolute atomic E-state index is 11.9. The third kappa shape index (κ3) is 5.04. The Morgan fingerprint density at radius 2 is 1.97 bits per heavy atom. The summed E-state index contributed by atoms with van der Waals surface area (Å²) in [5.41, 5.74) is 9.44. The summed E-state index contributed by atoms with van der Waals surface area (Å²) in [4.78, 5) is 36.9. The lowest BCUT2D eigenvalue weighted by atomic mass is 9.97. The van der Waals surface area contributed by atoms with E-state index in [1.807, 2.05) is 11.9 Å². The van der Waals surface area contributed by atoms with Crippen LogP contribution in [0.4, 0.5) is 5.82 Å². The fourth-order valence-corrected chi connectivity index (χ4v) is 2.86. The monoisotopic (exact) mass is 440 g/mol. The van der Waals surface area contributed by atoms with Gasteiger partial charge in [0.1, 0.15) is 0 Å². The molecular weight excluding hydrogens is 423 g/mol. The summed E-state index contributed by atoms with van der Waals surface area (Å²) in [6.07, 6.45) is 1.84. The van der Waals surface area contributed by atoms with E-state index in [-0.39, 0.29) is 33.0 Å². The van der Waals surface area contributed by atoms with Crippen LogP contribution in [0, 0.1) is 11.3 Å². The molecule has 0 aliphatic heterocycles. The predicted molar refractivity (Wildman–Crippen MR) is 110 cm³/mol. The Hall–Kier alpha value is -3.11. The first-order chi connectivity index (χ1) is 13.5. The molecule has 0 saturated heterocycles. The molecule has 0 aliphatic carbocycles. The molecule has 10 nitrogen and oxygen atoms in total. The van der Waals surface area contributed by atoms with Crippen LogP contribution in [-0.4, -0.2) is 26.6 Å². The number of nitrogens with one attached hydrogen (secondary N) is 2. The molecule has 2 rings (SSSR count). The second-order valence-electron chi connectivity index (χ2n) is 6.03. The first kappa shape index (κ1) is 22.2. The fraction of sp³-hybridized carbons (Fsp3) is 0.235. The molecule has 12 heteroatoms. The van der Waals surface area contributed by atoms with Gasteiger partial charge in [-0.3, -0.25) is 20.0 Å². The minimum absolute atomic E-state index is 0.0479. The van der Waals surface area contributed by atoms with Crippen molar-refractivity contribution in [2.45, 2.75) is 20.3 Å². The highest BCUT2D eigenvalue weighted by molar-refractivity contribution is 6.37. The number of benzene rings is 1. The average molecular weight is 441 g/mol. The number of aromatic nitrogens is 3. The highest BCUT2D eigenvalue weighted by Gasteiger charge is 2.17. The number of nitrogen functional groups attached to an aromatic ring is 1. The summed E-state index contributed by atoms with van der Waals surface area (Å²) in [5, 5.41) is 11.6. The van der Waals surface area contributed by atoms with Gasteiger partial charge in [-0.05, 0) is 24.5 Å². The van der Waals surface area contributed by atoms with Gasteiger partial charge in [-0.25, -0.2) is 4.79 Å². The Morgan fingerprint density at radius 3 is 2.48 bits per heavy atom. The van der Waals surface area contributed by atoms with E-state index in [0.717, 1.165) is 4.68 Å². The number of hydrogen-bond donors (Lipinski definition) is 4. The number of primary amides is 1. The van der Waals surface area contributed by atoms with Crippen LogP contribution >= 0.6 is 23.2 Å². The van der Waals surface area contributed by atoms with Gasteiger partial charge < -0.3 is 16.2 Å². The Morgan fingerprint density at radius 1 is 1.38 bits per heavy atom. The molecule has 1 amide bonds. The van der Waals surface area contributed by atoms with E-state index in [1.54, 1.807) is 6.92 Å². The molecular formula is C17H18Cl2N6O4. The molecule has 1 aromatic carbocycles. The molecule has 0 radical (unpaired) electrons. The quantitative estimate of drug-likeness (QED) is 0.302. The van der Waals surface area contributed by atoms with E-state index in [2.05, 4.69) is 5.10 Å². The number of H-pyrrole nitrogens is 1. The number of rotatable bonds is 6. The van der Waals surface area contributed by atoms with Gasteiger partial charge in [-0.1, -0.05) is 37.0 Å². The maximum Gasteiger partial charge on any atom is 0.349 e. The number of carbonyl (C=O) groups is 1. The summed E-state index contributed by atoms with van der Waals surface area (Å²) in [7, 11) is 0. The lowest BCUT2D eigenvalue weighted by Gasteiger charge is -2.13. The van der Waals surface area contributed by atoms with Crippen molar-refractivity contribution in [3.63, 3.8) is 0 Å². The topological polar surface area (TPSA) is 170 Å². The van der Waals surface area contributed by atoms with Gasteiger partial charge in [-0.2, -0.15) is 4.68 Å². The molecule has 1 atom stereocenters. The molecule has 0 saturated carbocycles. The van der Waals surface area contributed by atoms with Crippen molar-refractivity contribution in [1.82, 2.24) is 14.8 Å². The van der Waals surface area contributed by atoms with Crippen molar-refractivity contribution in [3.05, 3.63) is 54.7 Å². The highest BCUT2D eigenvalue weighted by atomic mass is 35.5. The highest BCUT2D eigenvalue weighted by Crippen LogP contribution is 2.35. The molecule has 1 aromatic heterocycles. The smallest absolute Gasteiger partial charge is 0.349 e. The van der Waals surface area contributed by atoms with E-state index in [9.17, 15) is 14.4 Å². The van der Waals surface area contributed by atoms with E-state index < -0.39 is 28.9 Å². The largest absolute Gasteiger partial charge is 0.436 e. The number of hydrogen-bond acceptors (Lipinski definition) is 7. The maximum atomic E-state index is 11.9. The van der Waals surface area contributed by atoms with Gasteiger partial charge in [0, 0.05) is 11.6 Å². The van der Waals surface area contributed by atoms with Crippen LogP contribution in [0.2, 0.25) is 10.0 Å². The van der Waals surface area contributed by atoms with Crippen molar-refractivity contribution < 1.29 is 9.53 Å². The van der Waals surface area contributed by atoms with E-state index in [1.165, 1.54) is 18.2 Å². The third-order valence-corrected chi connectivity index (χ3v) is 4.57. The third-order valence-electron chi connectivity index (χ3n) is 4.01. The van der Waals surface area contributed by atoms with Crippen LogP contribution in [0.3, 0.4) is 0 Å². The van der Waals surface area contributed by atoms with Crippen LogP contribution in [0.15, 0.2) is 33.4 Å². The zero-order chi connectivity index (χ0) is 21.9. The normalized spacial score (nSPS) is 12.5.